The second-order valence-electron chi connectivity index (χ2n) is 7.97. The number of nitrogens with one attached hydrogen (secondary N) is 1. The minimum atomic E-state index is -0.614. The number of nitrogens with two attached hydrogens (primary N) is 1. The average Bonchev–Trinajstić information content (AvgIpc) is 2.74. The number of methoxy groups -OCH3 is 1. The fourth-order valence-electron chi connectivity index (χ4n) is 3.86. The maximum absolute atomic E-state index is 13.3. The lowest BCUT2D eigenvalue weighted by molar-refractivity contribution is -0.116. The van der Waals surface area contributed by atoms with Gasteiger partial charge in [0.1, 0.15) is 18.1 Å². The Hall–Kier alpha value is -3.07. The van der Waals surface area contributed by atoms with E-state index in [-0.39, 0.29) is 31.2 Å². The first-order chi connectivity index (χ1) is 14.8. The lowest BCUT2D eigenvalue weighted by atomic mass is 10.1. The number of hydrogen-bond donors (Lipinski definition) is 2. The van der Waals surface area contributed by atoms with Crippen LogP contribution in [-0.4, -0.2) is 41.8 Å². The molecule has 168 valence electrons. The molecule has 31 heavy (non-hydrogen) atoms. The number of rotatable bonds is 7. The molecule has 0 spiro atoms. The molecule has 9 nitrogen and oxygen atoms in total. The van der Waals surface area contributed by atoms with Crippen LogP contribution < -0.4 is 27.2 Å². The quantitative estimate of drug-likeness (QED) is 0.690. The minimum absolute atomic E-state index is 0.125. The van der Waals surface area contributed by atoms with Crippen LogP contribution in [0.2, 0.25) is 0 Å². The Bertz CT molecular complexity index is 1070. The number of amides is 1. The molecular formula is C22H31N5O4. The Balaban J connectivity index is 1.99. The monoisotopic (exact) mass is 429 g/mol. The fraction of sp³-hybridized carbons (Fsp3) is 0.500. The molecule has 1 saturated heterocycles. The zero-order valence-corrected chi connectivity index (χ0v) is 18.4. The van der Waals surface area contributed by atoms with Crippen molar-refractivity contribution >= 4 is 23.1 Å². The Labute approximate surface area is 181 Å². The Morgan fingerprint density at radius 2 is 1.84 bits per heavy atom. The van der Waals surface area contributed by atoms with Crippen LogP contribution in [0.1, 0.15) is 30.4 Å². The van der Waals surface area contributed by atoms with Gasteiger partial charge >= 0.3 is 5.69 Å². The van der Waals surface area contributed by atoms with Gasteiger partial charge in [-0.2, -0.15) is 0 Å². The van der Waals surface area contributed by atoms with Crippen LogP contribution >= 0.6 is 0 Å². The van der Waals surface area contributed by atoms with Crippen LogP contribution in [0.3, 0.4) is 0 Å². The molecule has 1 amide bonds. The number of piperidine rings is 1. The maximum Gasteiger partial charge on any atom is 0.333 e. The number of nitrogens with zero attached hydrogens (tertiary/aromatic N) is 3. The van der Waals surface area contributed by atoms with Gasteiger partial charge in [-0.1, -0.05) is 12.1 Å². The number of aryl methyl sites for hydroxylation is 2. The zero-order chi connectivity index (χ0) is 22.5. The van der Waals surface area contributed by atoms with Crippen LogP contribution in [-0.2, 0) is 22.6 Å². The predicted molar refractivity (Wildman–Crippen MR) is 122 cm³/mol. The van der Waals surface area contributed by atoms with Crippen molar-refractivity contribution in [2.24, 2.45) is 0 Å². The molecule has 9 heteroatoms. The summed E-state index contributed by atoms with van der Waals surface area (Å²) >= 11 is 0. The van der Waals surface area contributed by atoms with Crippen LogP contribution in [0.4, 0.5) is 17.2 Å². The number of ether oxygens (including phenoxy) is 1. The lowest BCUT2D eigenvalue weighted by Gasteiger charge is -2.30. The van der Waals surface area contributed by atoms with Gasteiger partial charge in [0.15, 0.2) is 0 Å². The van der Waals surface area contributed by atoms with Crippen molar-refractivity contribution in [2.45, 2.75) is 46.2 Å². The highest BCUT2D eigenvalue weighted by Crippen LogP contribution is 2.21. The maximum atomic E-state index is 13.3. The van der Waals surface area contributed by atoms with Crippen LogP contribution in [0.25, 0.3) is 0 Å². The third-order valence-electron chi connectivity index (χ3n) is 5.60. The van der Waals surface area contributed by atoms with E-state index in [1.54, 1.807) is 0 Å². The van der Waals surface area contributed by atoms with Crippen molar-refractivity contribution in [1.82, 2.24) is 9.13 Å². The van der Waals surface area contributed by atoms with E-state index in [1.165, 1.54) is 11.7 Å². The van der Waals surface area contributed by atoms with Gasteiger partial charge in [0.05, 0.1) is 13.2 Å². The molecule has 3 N–H and O–H groups in total. The van der Waals surface area contributed by atoms with E-state index < -0.39 is 17.2 Å². The Kier molecular flexibility index (Phi) is 7.17. The summed E-state index contributed by atoms with van der Waals surface area (Å²) in [5, 5.41) is 2.81. The summed E-state index contributed by atoms with van der Waals surface area (Å²) in [6, 6.07) is 5.72. The topological polar surface area (TPSA) is 112 Å². The van der Waals surface area contributed by atoms with Gasteiger partial charge in [0.25, 0.3) is 5.56 Å². The van der Waals surface area contributed by atoms with Crippen molar-refractivity contribution in [1.29, 1.82) is 0 Å². The second-order valence-corrected chi connectivity index (χ2v) is 7.97. The standard InChI is InChI=1S/C22H31N5O4/c1-15-7-8-16(2)17(13-15)24-18(28)14-27-21(29)19(25-9-5-4-6-10-25)20(23)26(22(27)30)11-12-31-3/h7-8,13H,4-6,9-12,14,23H2,1-3H3,(H,24,28). The van der Waals surface area contributed by atoms with Gasteiger partial charge in [0, 0.05) is 25.9 Å². The highest BCUT2D eigenvalue weighted by molar-refractivity contribution is 5.91. The Morgan fingerprint density at radius 3 is 2.52 bits per heavy atom. The molecule has 0 bridgehead atoms. The molecule has 2 heterocycles. The molecule has 1 fully saturated rings. The summed E-state index contributed by atoms with van der Waals surface area (Å²) in [5.41, 5.74) is 7.96. The molecule has 0 radical (unpaired) electrons. The molecular weight excluding hydrogens is 398 g/mol. The summed E-state index contributed by atoms with van der Waals surface area (Å²) in [5.74, 6) is -0.319. The number of carbonyl (C=O) groups excluding carboxylic acids is 1. The molecule has 0 saturated carbocycles. The second kappa shape index (κ2) is 9.82. The summed E-state index contributed by atoms with van der Waals surface area (Å²) < 4.78 is 7.39. The third kappa shape index (κ3) is 4.99. The SMILES string of the molecule is COCCn1c(N)c(N2CCCCC2)c(=O)n(CC(=O)Nc2cc(C)ccc2C)c1=O. The van der Waals surface area contributed by atoms with Gasteiger partial charge in [-0.3, -0.25) is 14.2 Å². The highest BCUT2D eigenvalue weighted by atomic mass is 16.5. The van der Waals surface area contributed by atoms with Gasteiger partial charge in [-0.15, -0.1) is 0 Å². The number of anilines is 3. The van der Waals surface area contributed by atoms with Gasteiger partial charge < -0.3 is 20.7 Å². The van der Waals surface area contributed by atoms with E-state index in [4.69, 9.17) is 10.5 Å². The van der Waals surface area contributed by atoms with E-state index in [1.807, 2.05) is 36.9 Å². The van der Waals surface area contributed by atoms with E-state index in [0.717, 1.165) is 35.0 Å². The molecule has 2 aromatic rings. The van der Waals surface area contributed by atoms with Crippen LogP contribution in [0.15, 0.2) is 27.8 Å². The summed E-state index contributed by atoms with van der Waals surface area (Å²) in [4.78, 5) is 41.0. The number of aromatic nitrogens is 2. The average molecular weight is 430 g/mol. The molecule has 3 rings (SSSR count). The molecule has 0 unspecified atom stereocenters. The first-order valence-corrected chi connectivity index (χ1v) is 10.6. The molecule has 1 aromatic heterocycles. The lowest BCUT2D eigenvalue weighted by Crippen LogP contribution is -2.47. The van der Waals surface area contributed by atoms with Crippen LogP contribution in [0, 0.1) is 13.8 Å². The predicted octanol–water partition coefficient (Wildman–Crippen LogP) is 1.48. The fourth-order valence-corrected chi connectivity index (χ4v) is 3.86. The van der Waals surface area contributed by atoms with E-state index in [0.29, 0.717) is 18.8 Å². The number of benzene rings is 1. The summed E-state index contributed by atoms with van der Waals surface area (Å²) in [6.07, 6.45) is 2.98. The zero-order valence-electron chi connectivity index (χ0n) is 18.4. The molecule has 0 atom stereocenters. The van der Waals surface area contributed by atoms with Crippen molar-refractivity contribution in [3.63, 3.8) is 0 Å². The summed E-state index contributed by atoms with van der Waals surface area (Å²) in [7, 11) is 1.53. The number of hydrogen-bond acceptors (Lipinski definition) is 6. The number of nitrogen functional groups attached to an aromatic ring is 1. The normalized spacial score (nSPS) is 14.0. The van der Waals surface area contributed by atoms with Crippen LogP contribution in [0.5, 0.6) is 0 Å². The van der Waals surface area contributed by atoms with Crippen molar-refractivity contribution < 1.29 is 9.53 Å². The largest absolute Gasteiger partial charge is 0.383 e. The van der Waals surface area contributed by atoms with E-state index in [9.17, 15) is 14.4 Å². The molecule has 0 aliphatic carbocycles. The van der Waals surface area contributed by atoms with E-state index >= 15 is 0 Å². The highest BCUT2D eigenvalue weighted by Gasteiger charge is 2.24. The minimum Gasteiger partial charge on any atom is -0.383 e. The van der Waals surface area contributed by atoms with Gasteiger partial charge in [-0.25, -0.2) is 9.36 Å². The van der Waals surface area contributed by atoms with Crippen molar-refractivity contribution in [2.75, 3.05) is 42.8 Å². The first kappa shape index (κ1) is 22.6. The van der Waals surface area contributed by atoms with Gasteiger partial charge in [-0.05, 0) is 50.3 Å². The Morgan fingerprint density at radius 1 is 1.13 bits per heavy atom. The third-order valence-corrected chi connectivity index (χ3v) is 5.60. The number of carbonyl (C=O) groups is 1. The molecule has 1 aromatic carbocycles. The van der Waals surface area contributed by atoms with Crippen molar-refractivity contribution in [3.05, 3.63) is 50.2 Å². The molecule has 1 aliphatic heterocycles. The summed E-state index contributed by atoms with van der Waals surface area (Å²) in [6.45, 7) is 5.26. The first-order valence-electron chi connectivity index (χ1n) is 10.6. The van der Waals surface area contributed by atoms with Gasteiger partial charge in [0.2, 0.25) is 5.91 Å². The van der Waals surface area contributed by atoms with Crippen molar-refractivity contribution in [3.8, 4) is 0 Å². The van der Waals surface area contributed by atoms with E-state index in [2.05, 4.69) is 5.32 Å². The smallest absolute Gasteiger partial charge is 0.333 e. The molecule has 1 aliphatic rings.